The van der Waals surface area contributed by atoms with Crippen LogP contribution < -0.4 is 10.5 Å². The monoisotopic (exact) mass is 446 g/mol. The van der Waals surface area contributed by atoms with Crippen molar-refractivity contribution in [3.63, 3.8) is 0 Å². The lowest BCUT2D eigenvalue weighted by molar-refractivity contribution is -0.137. The van der Waals surface area contributed by atoms with Crippen molar-refractivity contribution in [2.45, 2.75) is 18.9 Å². The Morgan fingerprint density at radius 1 is 1.31 bits per heavy atom. The molecule has 1 unspecified atom stereocenters. The number of ether oxygens (including phenoxy) is 1. The number of halogens is 4. The van der Waals surface area contributed by atoms with E-state index in [0.29, 0.717) is 0 Å². The molecular weight excluding hydrogens is 433 g/mol. The summed E-state index contributed by atoms with van der Waals surface area (Å²) in [7, 11) is 0. The van der Waals surface area contributed by atoms with E-state index in [-0.39, 0.29) is 53.4 Å². The van der Waals surface area contributed by atoms with E-state index in [1.165, 1.54) is 18.3 Å². The average molecular weight is 447 g/mol. The van der Waals surface area contributed by atoms with Crippen molar-refractivity contribution in [3.05, 3.63) is 52.9 Å². The number of tetrazole rings is 1. The van der Waals surface area contributed by atoms with Crippen LogP contribution in [0, 0.1) is 11.6 Å². The van der Waals surface area contributed by atoms with Crippen molar-refractivity contribution >= 4 is 30.0 Å². The number of aliphatic carboxylic acids is 1. The summed E-state index contributed by atoms with van der Waals surface area (Å²) >= 11 is 5.61. The number of nitrogens with two attached hydrogens (primary N) is 1. The molecule has 0 aliphatic carbocycles. The second-order valence-corrected chi connectivity index (χ2v) is 6.15. The van der Waals surface area contributed by atoms with Crippen LogP contribution in [-0.4, -0.2) is 42.3 Å². The predicted molar refractivity (Wildman–Crippen MR) is 99.6 cm³/mol. The Balaban J connectivity index is 0.00000300. The summed E-state index contributed by atoms with van der Waals surface area (Å²) in [6, 6.07) is 4.00. The van der Waals surface area contributed by atoms with Crippen LogP contribution in [0.25, 0.3) is 5.69 Å². The molecule has 29 heavy (non-hydrogen) atoms. The Kier molecular flexibility index (Phi) is 7.37. The lowest BCUT2D eigenvalue weighted by Gasteiger charge is -2.07. The molecule has 0 spiro atoms. The zero-order valence-electron chi connectivity index (χ0n) is 14.5. The van der Waals surface area contributed by atoms with Crippen molar-refractivity contribution in [3.8, 4) is 17.3 Å². The zero-order valence-corrected chi connectivity index (χ0v) is 16.1. The van der Waals surface area contributed by atoms with E-state index in [1.54, 1.807) is 0 Å². The number of rotatable bonds is 7. The van der Waals surface area contributed by atoms with Crippen LogP contribution >= 0.6 is 24.0 Å². The lowest BCUT2D eigenvalue weighted by atomic mass is 10.1. The summed E-state index contributed by atoms with van der Waals surface area (Å²) in [5.41, 5.74) is 5.63. The first-order chi connectivity index (χ1) is 13.3. The molecule has 0 saturated carbocycles. The first-order valence-electron chi connectivity index (χ1n) is 7.87. The maximum absolute atomic E-state index is 14.4. The normalized spacial score (nSPS) is 11.6. The Labute approximate surface area is 173 Å². The molecule has 9 nitrogen and oxygen atoms in total. The van der Waals surface area contributed by atoms with Gasteiger partial charge in [0.1, 0.15) is 11.4 Å². The molecule has 0 saturated heterocycles. The highest BCUT2D eigenvalue weighted by Gasteiger charge is 2.16. The van der Waals surface area contributed by atoms with Crippen molar-refractivity contribution in [2.24, 2.45) is 5.73 Å². The third-order valence-corrected chi connectivity index (χ3v) is 3.67. The summed E-state index contributed by atoms with van der Waals surface area (Å²) in [6.45, 7) is 0. The molecule has 0 amide bonds. The van der Waals surface area contributed by atoms with Gasteiger partial charge in [0.2, 0.25) is 0 Å². The average Bonchev–Trinajstić information content (AvgIpc) is 3.04. The molecule has 13 heteroatoms. The fourth-order valence-electron chi connectivity index (χ4n) is 2.26. The molecular formula is C16H14Cl2F2N6O3. The maximum Gasteiger partial charge on any atom is 0.304 e. The van der Waals surface area contributed by atoms with Gasteiger partial charge in [-0.05, 0) is 23.4 Å². The van der Waals surface area contributed by atoms with Gasteiger partial charge in [-0.15, -0.1) is 27.4 Å². The Morgan fingerprint density at radius 3 is 2.72 bits per heavy atom. The van der Waals surface area contributed by atoms with Gasteiger partial charge < -0.3 is 15.6 Å². The predicted octanol–water partition coefficient (Wildman–Crippen LogP) is 2.55. The number of benzene rings is 1. The number of carbonyl (C=O) groups is 1. The molecule has 2 heterocycles. The van der Waals surface area contributed by atoms with E-state index < -0.39 is 23.6 Å². The number of hydrogen-bond donors (Lipinski definition) is 2. The molecule has 0 aliphatic heterocycles. The fraction of sp³-hybridized carbons (Fsp3) is 0.188. The summed E-state index contributed by atoms with van der Waals surface area (Å²) in [5, 5.41) is 20.2. The largest absolute Gasteiger partial charge is 0.481 e. The number of nitrogens with zero attached hydrogens (tertiary/aromatic N) is 5. The molecule has 154 valence electrons. The minimum atomic E-state index is -1.05. The second kappa shape index (κ2) is 9.54. The van der Waals surface area contributed by atoms with E-state index in [9.17, 15) is 13.6 Å². The fourth-order valence-corrected chi connectivity index (χ4v) is 2.40. The van der Waals surface area contributed by atoms with Crippen LogP contribution in [0.4, 0.5) is 8.78 Å². The van der Waals surface area contributed by atoms with Crippen LogP contribution in [-0.2, 0) is 11.2 Å². The summed E-state index contributed by atoms with van der Waals surface area (Å²) in [5.74, 6) is -2.79. The molecule has 1 aromatic carbocycles. The number of carboxylic acid groups (broad SMARTS) is 1. The quantitative estimate of drug-likeness (QED) is 0.566. The van der Waals surface area contributed by atoms with E-state index in [2.05, 4.69) is 20.4 Å². The van der Waals surface area contributed by atoms with Crippen LogP contribution in [0.3, 0.4) is 0 Å². The molecule has 0 bridgehead atoms. The van der Waals surface area contributed by atoms with Gasteiger partial charge in [-0.1, -0.05) is 11.6 Å². The number of aromatic nitrogens is 5. The smallest absolute Gasteiger partial charge is 0.304 e. The highest BCUT2D eigenvalue weighted by molar-refractivity contribution is 6.30. The summed E-state index contributed by atoms with van der Waals surface area (Å²) < 4.78 is 33.3. The van der Waals surface area contributed by atoms with Crippen LogP contribution in [0.1, 0.15) is 12.2 Å². The van der Waals surface area contributed by atoms with Crippen LogP contribution in [0.5, 0.6) is 11.6 Å². The van der Waals surface area contributed by atoms with Gasteiger partial charge in [0, 0.05) is 24.7 Å². The molecule has 0 aliphatic rings. The first-order valence-corrected chi connectivity index (χ1v) is 8.24. The van der Waals surface area contributed by atoms with Gasteiger partial charge >= 0.3 is 5.97 Å². The molecule has 0 fully saturated rings. The first kappa shape index (κ1) is 22.4. The minimum absolute atomic E-state index is 0. The number of hydrogen-bond acceptors (Lipinski definition) is 7. The SMILES string of the molecule is Cl.NC(CC(=O)O)Cc1nnn(-c2ccc(Oc3ncc(Cl)cc3F)cc2F)n1. The standard InChI is InChI=1S/C16H13ClF2N6O3.ClH/c17-8-3-12(19)16(21-7-8)28-10-1-2-13(11(18)6-10)25-23-14(22-24-25)4-9(20)5-15(26)27;/h1-3,6-7,9H,4-5,20H2,(H,26,27);1H. The third-order valence-electron chi connectivity index (χ3n) is 3.46. The Bertz CT molecular complexity index is 1020. The van der Waals surface area contributed by atoms with Gasteiger partial charge in [0.15, 0.2) is 17.5 Å². The Morgan fingerprint density at radius 2 is 2.07 bits per heavy atom. The topological polar surface area (TPSA) is 129 Å². The lowest BCUT2D eigenvalue weighted by Crippen LogP contribution is -2.26. The van der Waals surface area contributed by atoms with Gasteiger partial charge in [-0.3, -0.25) is 4.79 Å². The van der Waals surface area contributed by atoms with Gasteiger partial charge in [-0.25, -0.2) is 13.8 Å². The molecule has 2 aromatic heterocycles. The van der Waals surface area contributed by atoms with E-state index in [0.717, 1.165) is 16.9 Å². The molecule has 3 N–H and O–H groups in total. The van der Waals surface area contributed by atoms with E-state index in [4.69, 9.17) is 27.2 Å². The van der Waals surface area contributed by atoms with E-state index in [1.807, 2.05) is 0 Å². The highest BCUT2D eigenvalue weighted by atomic mass is 35.5. The minimum Gasteiger partial charge on any atom is -0.481 e. The van der Waals surface area contributed by atoms with Crippen molar-refractivity contribution in [1.82, 2.24) is 25.2 Å². The maximum atomic E-state index is 14.4. The van der Waals surface area contributed by atoms with Crippen LogP contribution in [0.2, 0.25) is 5.02 Å². The molecule has 0 radical (unpaired) electrons. The Hall–Kier alpha value is -2.89. The van der Waals surface area contributed by atoms with Crippen molar-refractivity contribution in [2.75, 3.05) is 0 Å². The molecule has 1 atom stereocenters. The van der Waals surface area contributed by atoms with Gasteiger partial charge in [-0.2, -0.15) is 0 Å². The molecule has 3 aromatic rings. The zero-order chi connectivity index (χ0) is 20.3. The van der Waals surface area contributed by atoms with Crippen molar-refractivity contribution < 1.29 is 23.4 Å². The highest BCUT2D eigenvalue weighted by Crippen LogP contribution is 2.26. The van der Waals surface area contributed by atoms with Gasteiger partial charge in [0.05, 0.1) is 11.4 Å². The summed E-state index contributed by atoms with van der Waals surface area (Å²) in [6.07, 6.45) is 1.00. The van der Waals surface area contributed by atoms with Gasteiger partial charge in [0.25, 0.3) is 5.88 Å². The van der Waals surface area contributed by atoms with Crippen molar-refractivity contribution in [1.29, 1.82) is 0 Å². The summed E-state index contributed by atoms with van der Waals surface area (Å²) in [4.78, 5) is 15.3. The number of pyridine rings is 1. The number of carboxylic acids is 1. The third kappa shape index (κ3) is 5.79. The molecule has 3 rings (SSSR count). The van der Waals surface area contributed by atoms with E-state index >= 15 is 0 Å². The van der Waals surface area contributed by atoms with Crippen LogP contribution in [0.15, 0.2) is 30.5 Å². The second-order valence-electron chi connectivity index (χ2n) is 5.71.